The van der Waals surface area contributed by atoms with Gasteiger partial charge in [-0.3, -0.25) is 0 Å². The number of ether oxygens (including phenoxy) is 1. The van der Waals surface area contributed by atoms with E-state index in [0.29, 0.717) is 32.6 Å². The Morgan fingerprint density at radius 2 is 1.76 bits per heavy atom. The SMILES string of the molecule is OCCOCCNC1CCC(C(F)(F)F)CC1. The second kappa shape index (κ2) is 7.18. The van der Waals surface area contributed by atoms with E-state index in [0.717, 1.165) is 0 Å². The average Bonchev–Trinajstić information content (AvgIpc) is 2.28. The summed E-state index contributed by atoms with van der Waals surface area (Å²) in [5.41, 5.74) is 0. The van der Waals surface area contributed by atoms with E-state index in [-0.39, 0.29) is 25.5 Å². The third-order valence-corrected chi connectivity index (χ3v) is 3.11. The summed E-state index contributed by atoms with van der Waals surface area (Å²) in [5.74, 6) is -1.12. The molecule has 0 saturated heterocycles. The van der Waals surface area contributed by atoms with Gasteiger partial charge in [-0.2, -0.15) is 13.2 Å². The molecule has 0 aliphatic heterocycles. The summed E-state index contributed by atoms with van der Waals surface area (Å²) in [6.45, 7) is 1.42. The fourth-order valence-corrected chi connectivity index (χ4v) is 2.13. The van der Waals surface area contributed by atoms with Crippen molar-refractivity contribution in [1.82, 2.24) is 5.32 Å². The predicted octanol–water partition coefficient (Wildman–Crippen LogP) is 1.71. The summed E-state index contributed by atoms with van der Waals surface area (Å²) < 4.78 is 42.2. The standard InChI is InChI=1S/C11H20F3NO2/c12-11(13,14)9-1-3-10(4-2-9)15-5-7-17-8-6-16/h9-10,15-16H,1-8H2. The van der Waals surface area contributed by atoms with Crippen LogP contribution in [0.4, 0.5) is 13.2 Å². The molecule has 1 fully saturated rings. The first kappa shape index (κ1) is 14.7. The quantitative estimate of drug-likeness (QED) is 0.710. The van der Waals surface area contributed by atoms with Crippen molar-refractivity contribution in [1.29, 1.82) is 0 Å². The highest BCUT2D eigenvalue weighted by molar-refractivity contribution is 4.80. The van der Waals surface area contributed by atoms with Crippen LogP contribution in [0, 0.1) is 5.92 Å². The normalized spacial score (nSPS) is 26.1. The third kappa shape index (κ3) is 5.70. The zero-order valence-electron chi connectivity index (χ0n) is 9.80. The molecule has 3 nitrogen and oxygen atoms in total. The molecular formula is C11H20F3NO2. The van der Waals surface area contributed by atoms with Gasteiger partial charge >= 0.3 is 6.18 Å². The molecule has 1 aliphatic carbocycles. The van der Waals surface area contributed by atoms with Crippen LogP contribution in [0.2, 0.25) is 0 Å². The molecule has 0 aromatic rings. The van der Waals surface area contributed by atoms with E-state index in [1.807, 2.05) is 0 Å². The summed E-state index contributed by atoms with van der Waals surface area (Å²) in [7, 11) is 0. The summed E-state index contributed by atoms with van der Waals surface area (Å²) in [6, 6.07) is 0.173. The Labute approximate surface area is 99.3 Å². The molecule has 102 valence electrons. The molecule has 0 aromatic heterocycles. The van der Waals surface area contributed by atoms with Crippen molar-refractivity contribution in [3.8, 4) is 0 Å². The Kier molecular flexibility index (Phi) is 6.22. The van der Waals surface area contributed by atoms with Crippen LogP contribution in [0.25, 0.3) is 0 Å². The minimum Gasteiger partial charge on any atom is -0.394 e. The number of hydrogen-bond acceptors (Lipinski definition) is 3. The van der Waals surface area contributed by atoms with E-state index in [1.54, 1.807) is 0 Å². The summed E-state index contributed by atoms with van der Waals surface area (Å²) in [4.78, 5) is 0. The molecule has 0 aromatic carbocycles. The first-order chi connectivity index (χ1) is 8.04. The molecule has 6 heteroatoms. The first-order valence-corrected chi connectivity index (χ1v) is 6.02. The smallest absolute Gasteiger partial charge is 0.391 e. The van der Waals surface area contributed by atoms with Crippen molar-refractivity contribution < 1.29 is 23.0 Å². The van der Waals surface area contributed by atoms with Crippen LogP contribution >= 0.6 is 0 Å². The molecule has 0 atom stereocenters. The van der Waals surface area contributed by atoms with E-state index in [9.17, 15) is 13.2 Å². The third-order valence-electron chi connectivity index (χ3n) is 3.11. The summed E-state index contributed by atoms with van der Waals surface area (Å²) >= 11 is 0. The van der Waals surface area contributed by atoms with Crippen LogP contribution in [0.5, 0.6) is 0 Å². The van der Waals surface area contributed by atoms with Crippen molar-refractivity contribution in [2.75, 3.05) is 26.4 Å². The molecule has 1 saturated carbocycles. The zero-order valence-corrected chi connectivity index (χ0v) is 9.80. The van der Waals surface area contributed by atoms with E-state index in [1.165, 1.54) is 0 Å². The predicted molar refractivity (Wildman–Crippen MR) is 57.7 cm³/mol. The molecule has 2 N–H and O–H groups in total. The van der Waals surface area contributed by atoms with Crippen LogP contribution in [0.1, 0.15) is 25.7 Å². The largest absolute Gasteiger partial charge is 0.394 e. The molecule has 0 amide bonds. The molecule has 0 spiro atoms. The number of aliphatic hydroxyl groups excluding tert-OH is 1. The molecule has 0 radical (unpaired) electrons. The van der Waals surface area contributed by atoms with Crippen molar-refractivity contribution in [2.24, 2.45) is 5.92 Å². The second-order valence-corrected chi connectivity index (χ2v) is 4.38. The average molecular weight is 255 g/mol. The molecule has 17 heavy (non-hydrogen) atoms. The number of hydrogen-bond donors (Lipinski definition) is 2. The minimum absolute atomic E-state index is 0.00328. The Bertz CT molecular complexity index is 203. The van der Waals surface area contributed by atoms with E-state index in [4.69, 9.17) is 9.84 Å². The number of nitrogens with one attached hydrogen (secondary N) is 1. The van der Waals surface area contributed by atoms with Crippen LogP contribution in [-0.2, 0) is 4.74 Å². The summed E-state index contributed by atoms with van der Waals surface area (Å²) in [5, 5.41) is 11.6. The van der Waals surface area contributed by atoms with Crippen LogP contribution in [-0.4, -0.2) is 43.7 Å². The highest BCUT2D eigenvalue weighted by Crippen LogP contribution is 2.37. The van der Waals surface area contributed by atoms with Gasteiger partial charge in [0.1, 0.15) is 0 Å². The maximum atomic E-state index is 12.4. The lowest BCUT2D eigenvalue weighted by Crippen LogP contribution is -2.38. The van der Waals surface area contributed by atoms with Crippen LogP contribution in [0.15, 0.2) is 0 Å². The van der Waals surface area contributed by atoms with Gasteiger partial charge < -0.3 is 15.2 Å². The van der Waals surface area contributed by atoms with Crippen molar-refractivity contribution in [3.05, 3.63) is 0 Å². The van der Waals surface area contributed by atoms with E-state index < -0.39 is 12.1 Å². The fourth-order valence-electron chi connectivity index (χ4n) is 2.13. The Morgan fingerprint density at radius 1 is 1.12 bits per heavy atom. The monoisotopic (exact) mass is 255 g/mol. The van der Waals surface area contributed by atoms with Gasteiger partial charge in [0.05, 0.1) is 25.7 Å². The maximum absolute atomic E-state index is 12.4. The van der Waals surface area contributed by atoms with Crippen LogP contribution < -0.4 is 5.32 Å². The van der Waals surface area contributed by atoms with E-state index >= 15 is 0 Å². The lowest BCUT2D eigenvalue weighted by Gasteiger charge is -2.30. The van der Waals surface area contributed by atoms with Gasteiger partial charge in [0.15, 0.2) is 0 Å². The lowest BCUT2D eigenvalue weighted by molar-refractivity contribution is -0.182. The molecule has 0 unspecified atom stereocenters. The van der Waals surface area contributed by atoms with Crippen LogP contribution in [0.3, 0.4) is 0 Å². The van der Waals surface area contributed by atoms with Gasteiger partial charge in [-0.1, -0.05) is 0 Å². The molecular weight excluding hydrogens is 235 g/mol. The zero-order chi connectivity index (χ0) is 12.7. The first-order valence-electron chi connectivity index (χ1n) is 6.02. The minimum atomic E-state index is -4.03. The molecule has 0 heterocycles. The van der Waals surface area contributed by atoms with Gasteiger partial charge in [-0.15, -0.1) is 0 Å². The summed E-state index contributed by atoms with van der Waals surface area (Å²) in [6.07, 6.45) is -2.44. The van der Waals surface area contributed by atoms with Gasteiger partial charge in [0, 0.05) is 12.6 Å². The van der Waals surface area contributed by atoms with Gasteiger partial charge in [0.2, 0.25) is 0 Å². The number of halogens is 3. The molecule has 1 aliphatic rings. The second-order valence-electron chi connectivity index (χ2n) is 4.38. The number of rotatable bonds is 6. The maximum Gasteiger partial charge on any atom is 0.391 e. The van der Waals surface area contributed by atoms with Gasteiger partial charge in [-0.05, 0) is 25.7 Å². The van der Waals surface area contributed by atoms with Crippen molar-refractivity contribution in [3.63, 3.8) is 0 Å². The number of alkyl halides is 3. The highest BCUT2D eigenvalue weighted by Gasteiger charge is 2.41. The fraction of sp³-hybridized carbons (Fsp3) is 1.00. The lowest BCUT2D eigenvalue weighted by atomic mass is 9.85. The van der Waals surface area contributed by atoms with Crippen molar-refractivity contribution >= 4 is 0 Å². The van der Waals surface area contributed by atoms with Gasteiger partial charge in [0.25, 0.3) is 0 Å². The Hall–Kier alpha value is -0.330. The Balaban J connectivity index is 2.07. The molecule has 0 bridgehead atoms. The Morgan fingerprint density at radius 3 is 2.29 bits per heavy atom. The van der Waals surface area contributed by atoms with E-state index in [2.05, 4.69) is 5.32 Å². The van der Waals surface area contributed by atoms with Crippen molar-refractivity contribution in [2.45, 2.75) is 37.9 Å². The highest BCUT2D eigenvalue weighted by atomic mass is 19.4. The topological polar surface area (TPSA) is 41.5 Å². The number of aliphatic hydroxyl groups is 1. The van der Waals surface area contributed by atoms with Gasteiger partial charge in [-0.25, -0.2) is 0 Å². The molecule has 1 rings (SSSR count).